The van der Waals surface area contributed by atoms with Crippen LogP contribution in [0, 0.1) is 0 Å². The Morgan fingerprint density at radius 1 is 1.40 bits per heavy atom. The van der Waals surface area contributed by atoms with E-state index in [9.17, 15) is 4.79 Å². The maximum absolute atomic E-state index is 11.4. The molecule has 3 nitrogen and oxygen atoms in total. The lowest BCUT2D eigenvalue weighted by Gasteiger charge is -2.00. The lowest BCUT2D eigenvalue weighted by molar-refractivity contribution is -0.120. The maximum Gasteiger partial charge on any atom is 0.224 e. The molecule has 0 spiro atoms. The van der Waals surface area contributed by atoms with Gasteiger partial charge < -0.3 is 10.3 Å². The molecule has 0 bridgehead atoms. The molecule has 2 N–H and O–H groups in total. The van der Waals surface area contributed by atoms with Gasteiger partial charge in [0.15, 0.2) is 0 Å². The summed E-state index contributed by atoms with van der Waals surface area (Å²) in [7, 11) is 0. The van der Waals surface area contributed by atoms with E-state index in [2.05, 4.69) is 10.3 Å². The van der Waals surface area contributed by atoms with Crippen LogP contribution in [-0.4, -0.2) is 17.4 Å². The van der Waals surface area contributed by atoms with Gasteiger partial charge in [0.2, 0.25) is 5.91 Å². The van der Waals surface area contributed by atoms with Gasteiger partial charge in [0.1, 0.15) is 0 Å². The number of aromatic nitrogens is 1. The minimum atomic E-state index is 0.0715. The van der Waals surface area contributed by atoms with E-state index in [-0.39, 0.29) is 5.91 Å². The highest BCUT2D eigenvalue weighted by atomic mass is 16.1. The third-order valence-electron chi connectivity index (χ3n) is 2.40. The molecule has 0 saturated heterocycles. The predicted molar refractivity (Wildman–Crippen MR) is 60.7 cm³/mol. The van der Waals surface area contributed by atoms with Crippen molar-refractivity contribution < 1.29 is 4.79 Å². The number of H-pyrrole nitrogens is 1. The number of nitrogens with one attached hydrogen (secondary N) is 2. The van der Waals surface area contributed by atoms with Gasteiger partial charge in [-0.25, -0.2) is 0 Å². The second-order valence-corrected chi connectivity index (χ2v) is 3.49. The van der Waals surface area contributed by atoms with Crippen LogP contribution in [0.25, 0.3) is 10.9 Å². The molecule has 0 fully saturated rings. The molecule has 78 valence electrons. The fourth-order valence-electron chi connectivity index (χ4n) is 1.71. The van der Waals surface area contributed by atoms with Crippen LogP contribution in [0.2, 0.25) is 0 Å². The van der Waals surface area contributed by atoms with Crippen LogP contribution in [0.3, 0.4) is 0 Å². The molecule has 2 rings (SSSR count). The zero-order chi connectivity index (χ0) is 10.7. The number of hydrogen-bond acceptors (Lipinski definition) is 1. The third kappa shape index (κ3) is 2.01. The van der Waals surface area contributed by atoms with Crippen molar-refractivity contribution >= 4 is 16.8 Å². The van der Waals surface area contributed by atoms with Crippen molar-refractivity contribution in [1.82, 2.24) is 10.3 Å². The van der Waals surface area contributed by atoms with Crippen molar-refractivity contribution in [2.45, 2.75) is 13.3 Å². The molecule has 1 heterocycles. The Morgan fingerprint density at radius 2 is 2.20 bits per heavy atom. The zero-order valence-electron chi connectivity index (χ0n) is 8.71. The van der Waals surface area contributed by atoms with Gasteiger partial charge in [-0.3, -0.25) is 4.79 Å². The quantitative estimate of drug-likeness (QED) is 0.783. The van der Waals surface area contributed by atoms with Crippen molar-refractivity contribution in [3.05, 3.63) is 36.0 Å². The zero-order valence-corrected chi connectivity index (χ0v) is 8.71. The normalized spacial score (nSPS) is 10.5. The number of rotatable bonds is 3. The standard InChI is InChI=1S/C12H14N2O/c1-2-13-12(15)7-9-8-14-11-6-4-3-5-10(9)11/h3-6,8,14H,2,7H2,1H3,(H,13,15). The van der Waals surface area contributed by atoms with E-state index in [0.717, 1.165) is 16.5 Å². The van der Waals surface area contributed by atoms with Crippen LogP contribution in [0.15, 0.2) is 30.5 Å². The van der Waals surface area contributed by atoms with E-state index < -0.39 is 0 Å². The lowest BCUT2D eigenvalue weighted by Crippen LogP contribution is -2.24. The number of hydrogen-bond donors (Lipinski definition) is 2. The summed E-state index contributed by atoms with van der Waals surface area (Å²) in [6, 6.07) is 8.00. The first kappa shape index (κ1) is 9.77. The Balaban J connectivity index is 2.25. The van der Waals surface area contributed by atoms with Crippen LogP contribution >= 0.6 is 0 Å². The fraction of sp³-hybridized carbons (Fsp3) is 0.250. The SMILES string of the molecule is CCNC(=O)Cc1c[nH]c2ccccc12. The van der Waals surface area contributed by atoms with Gasteiger partial charge in [0, 0.05) is 23.6 Å². The van der Waals surface area contributed by atoms with E-state index in [1.165, 1.54) is 0 Å². The van der Waals surface area contributed by atoms with Gasteiger partial charge in [0.25, 0.3) is 0 Å². The number of para-hydroxylation sites is 1. The van der Waals surface area contributed by atoms with Gasteiger partial charge in [-0.05, 0) is 18.6 Å². The van der Waals surface area contributed by atoms with Crippen molar-refractivity contribution in [2.75, 3.05) is 6.54 Å². The van der Waals surface area contributed by atoms with E-state index in [0.29, 0.717) is 13.0 Å². The summed E-state index contributed by atoms with van der Waals surface area (Å²) in [6.07, 6.45) is 2.34. The Hall–Kier alpha value is -1.77. The summed E-state index contributed by atoms with van der Waals surface area (Å²) in [4.78, 5) is 14.6. The van der Waals surface area contributed by atoms with Gasteiger partial charge in [-0.1, -0.05) is 18.2 Å². The van der Waals surface area contributed by atoms with E-state index in [1.54, 1.807) is 0 Å². The Kier molecular flexibility index (Phi) is 2.72. The van der Waals surface area contributed by atoms with Gasteiger partial charge in [0.05, 0.1) is 6.42 Å². The maximum atomic E-state index is 11.4. The molecule has 3 heteroatoms. The van der Waals surface area contributed by atoms with Crippen molar-refractivity contribution in [1.29, 1.82) is 0 Å². The largest absolute Gasteiger partial charge is 0.361 e. The highest BCUT2D eigenvalue weighted by Gasteiger charge is 2.06. The van der Waals surface area contributed by atoms with Crippen molar-refractivity contribution in [2.24, 2.45) is 0 Å². The molecule has 2 aromatic rings. The van der Waals surface area contributed by atoms with E-state index >= 15 is 0 Å². The molecule has 0 unspecified atom stereocenters. The highest BCUT2D eigenvalue weighted by Crippen LogP contribution is 2.17. The second-order valence-electron chi connectivity index (χ2n) is 3.49. The minimum Gasteiger partial charge on any atom is -0.361 e. The predicted octanol–water partition coefficient (Wildman–Crippen LogP) is 1.85. The summed E-state index contributed by atoms with van der Waals surface area (Å²) < 4.78 is 0. The number of likely N-dealkylation sites (N-methyl/N-ethyl adjacent to an activating group) is 1. The van der Waals surface area contributed by atoms with Crippen LogP contribution in [0.5, 0.6) is 0 Å². The Morgan fingerprint density at radius 3 is 3.00 bits per heavy atom. The molecular formula is C12H14N2O. The molecule has 1 aromatic carbocycles. The van der Waals surface area contributed by atoms with E-state index in [4.69, 9.17) is 0 Å². The molecular weight excluding hydrogens is 188 g/mol. The summed E-state index contributed by atoms with van der Waals surface area (Å²) in [5.41, 5.74) is 2.13. The molecule has 0 atom stereocenters. The summed E-state index contributed by atoms with van der Waals surface area (Å²) >= 11 is 0. The number of carbonyl (C=O) groups is 1. The molecule has 0 aliphatic heterocycles. The van der Waals surface area contributed by atoms with Crippen LogP contribution < -0.4 is 5.32 Å². The summed E-state index contributed by atoms with van der Waals surface area (Å²) in [6.45, 7) is 2.61. The molecule has 0 aliphatic carbocycles. The first-order valence-electron chi connectivity index (χ1n) is 5.13. The number of benzene rings is 1. The Labute approximate surface area is 88.5 Å². The van der Waals surface area contributed by atoms with Crippen molar-refractivity contribution in [3.8, 4) is 0 Å². The highest BCUT2D eigenvalue weighted by molar-refractivity contribution is 5.88. The first-order chi connectivity index (χ1) is 7.31. The average molecular weight is 202 g/mol. The summed E-state index contributed by atoms with van der Waals surface area (Å²) in [5.74, 6) is 0.0715. The van der Waals surface area contributed by atoms with Gasteiger partial charge in [-0.15, -0.1) is 0 Å². The topological polar surface area (TPSA) is 44.9 Å². The van der Waals surface area contributed by atoms with Crippen molar-refractivity contribution in [3.63, 3.8) is 0 Å². The van der Waals surface area contributed by atoms with Crippen LogP contribution in [-0.2, 0) is 11.2 Å². The molecule has 0 saturated carbocycles. The smallest absolute Gasteiger partial charge is 0.224 e. The monoisotopic (exact) mass is 202 g/mol. The molecule has 1 amide bonds. The van der Waals surface area contributed by atoms with Gasteiger partial charge in [-0.2, -0.15) is 0 Å². The molecule has 1 aromatic heterocycles. The lowest BCUT2D eigenvalue weighted by atomic mass is 10.1. The first-order valence-corrected chi connectivity index (χ1v) is 5.13. The average Bonchev–Trinajstić information content (AvgIpc) is 2.62. The minimum absolute atomic E-state index is 0.0715. The summed E-state index contributed by atoms with van der Waals surface area (Å²) in [5, 5.41) is 3.92. The third-order valence-corrected chi connectivity index (χ3v) is 2.40. The van der Waals surface area contributed by atoms with Crippen LogP contribution in [0.1, 0.15) is 12.5 Å². The number of fused-ring (bicyclic) bond motifs is 1. The second kappa shape index (κ2) is 4.17. The fourth-order valence-corrected chi connectivity index (χ4v) is 1.71. The van der Waals surface area contributed by atoms with Crippen LogP contribution in [0.4, 0.5) is 0 Å². The molecule has 0 radical (unpaired) electrons. The molecule has 15 heavy (non-hydrogen) atoms. The van der Waals surface area contributed by atoms with E-state index in [1.807, 2.05) is 37.4 Å². The molecule has 0 aliphatic rings. The number of aromatic amines is 1. The number of carbonyl (C=O) groups excluding carboxylic acids is 1. The Bertz CT molecular complexity index is 473. The van der Waals surface area contributed by atoms with Gasteiger partial charge >= 0.3 is 0 Å². The number of amides is 1.